The third kappa shape index (κ3) is 27.8. The number of nitrogens with two attached hydrogens (primary N) is 1. The van der Waals surface area contributed by atoms with Crippen LogP contribution < -0.4 is 5.48 Å². The van der Waals surface area contributed by atoms with Crippen molar-refractivity contribution in [2.24, 2.45) is 0 Å². The van der Waals surface area contributed by atoms with E-state index in [2.05, 4.69) is 13.8 Å². The Morgan fingerprint density at radius 3 is 0.931 bits per heavy atom. The Labute approximate surface area is 183 Å². The summed E-state index contributed by atoms with van der Waals surface area (Å²) < 4.78 is 0. The Hall–Kier alpha value is -0.160. The van der Waals surface area contributed by atoms with Crippen LogP contribution in [-0.2, 0) is 0 Å². The normalized spacial score (nSPS) is 10.8. The summed E-state index contributed by atoms with van der Waals surface area (Å²) in [5.41, 5.74) is 1.24. The summed E-state index contributed by atoms with van der Waals surface area (Å²) in [6.45, 7) is 4.56. The molecule has 0 atom stereocenters. The van der Waals surface area contributed by atoms with Gasteiger partial charge in [-0.05, 0) is 25.7 Å². The van der Waals surface area contributed by atoms with Gasteiger partial charge in [0.25, 0.3) is 0 Å². The van der Waals surface area contributed by atoms with Gasteiger partial charge in [-0.15, -0.1) is 0 Å². The van der Waals surface area contributed by atoms with Crippen LogP contribution in [0.25, 0.3) is 0 Å². The Kier molecular flexibility index (Phi) is 34.7. The Bertz CT molecular complexity index is 240. The Balaban J connectivity index is -0.00000338. The molecule has 0 aliphatic heterocycles. The SMILES string of the molecule is CCCCCCCCCCCCC(CCCCCCCCCCCC)[NH2+][O-].O.O. The zero-order valence-electron chi connectivity index (χ0n) is 20.1. The Morgan fingerprint density at radius 1 is 0.448 bits per heavy atom. The molecule has 0 unspecified atom stereocenters. The smallest absolute Gasteiger partial charge is 0.0856 e. The second-order valence-electron chi connectivity index (χ2n) is 8.84. The zero-order chi connectivity index (χ0) is 19.8. The predicted octanol–water partition coefficient (Wildman–Crippen LogP) is 6.39. The third-order valence-electron chi connectivity index (χ3n) is 6.05. The van der Waals surface area contributed by atoms with E-state index in [1.165, 1.54) is 134 Å². The van der Waals surface area contributed by atoms with Crippen LogP contribution in [0.1, 0.15) is 155 Å². The highest BCUT2D eigenvalue weighted by atomic mass is 16.5. The number of rotatable bonds is 23. The van der Waals surface area contributed by atoms with Crippen molar-refractivity contribution in [3.63, 3.8) is 0 Å². The molecule has 0 fully saturated rings. The largest absolute Gasteiger partial charge is 0.636 e. The van der Waals surface area contributed by atoms with Crippen molar-refractivity contribution in [2.75, 3.05) is 0 Å². The fourth-order valence-electron chi connectivity index (χ4n) is 4.07. The first-order valence-electron chi connectivity index (χ1n) is 12.8. The van der Waals surface area contributed by atoms with E-state index in [9.17, 15) is 5.21 Å². The quantitative estimate of drug-likeness (QED) is 0.150. The number of hydroxylamine groups is 1. The average molecular weight is 420 g/mol. The molecule has 0 aliphatic rings. The van der Waals surface area contributed by atoms with Gasteiger partial charge >= 0.3 is 0 Å². The van der Waals surface area contributed by atoms with Gasteiger partial charge in [-0.3, -0.25) is 0 Å². The molecule has 0 spiro atoms. The molecule has 6 N–H and O–H groups in total. The standard InChI is InChI=1S/C25H53NO.2H2O/c1-3-5-7-9-11-13-15-17-19-21-23-25(26-27)24-22-20-18-16-14-12-10-8-6-4-2;;/h25H,3-24,26H2,1-2H3;2*1H2. The lowest BCUT2D eigenvalue weighted by Gasteiger charge is -2.17. The summed E-state index contributed by atoms with van der Waals surface area (Å²) >= 11 is 0. The van der Waals surface area contributed by atoms with Gasteiger partial charge in [-0.25, -0.2) is 0 Å². The maximum absolute atomic E-state index is 11.3. The van der Waals surface area contributed by atoms with Crippen LogP contribution in [0.15, 0.2) is 0 Å². The fourth-order valence-corrected chi connectivity index (χ4v) is 4.07. The fraction of sp³-hybridized carbons (Fsp3) is 1.00. The lowest BCUT2D eigenvalue weighted by molar-refractivity contribution is -0.629. The van der Waals surface area contributed by atoms with Crippen LogP contribution in [0.3, 0.4) is 0 Å². The van der Waals surface area contributed by atoms with Crippen molar-refractivity contribution < 1.29 is 16.4 Å². The van der Waals surface area contributed by atoms with E-state index >= 15 is 0 Å². The zero-order valence-corrected chi connectivity index (χ0v) is 20.1. The number of hydrogen-bond donors (Lipinski definition) is 1. The molecule has 0 saturated heterocycles. The van der Waals surface area contributed by atoms with Gasteiger partial charge in [0, 0.05) is 0 Å². The first kappa shape index (κ1) is 33.5. The Morgan fingerprint density at radius 2 is 0.690 bits per heavy atom. The average Bonchev–Trinajstić information content (AvgIpc) is 2.69. The molecule has 0 radical (unpaired) electrons. The van der Waals surface area contributed by atoms with E-state index < -0.39 is 0 Å². The van der Waals surface area contributed by atoms with Crippen LogP contribution in [0.5, 0.6) is 0 Å². The summed E-state index contributed by atoms with van der Waals surface area (Å²) in [5, 5.41) is 11.3. The molecule has 0 bridgehead atoms. The van der Waals surface area contributed by atoms with Gasteiger partial charge in [-0.1, -0.05) is 129 Å². The first-order valence-corrected chi connectivity index (χ1v) is 12.8. The molecule has 29 heavy (non-hydrogen) atoms. The lowest BCUT2D eigenvalue weighted by atomic mass is 10.00. The molecule has 0 aromatic carbocycles. The summed E-state index contributed by atoms with van der Waals surface area (Å²) in [6.07, 6.45) is 29.9. The van der Waals surface area contributed by atoms with E-state index in [-0.39, 0.29) is 11.0 Å². The molecule has 4 nitrogen and oxygen atoms in total. The predicted molar refractivity (Wildman–Crippen MR) is 129 cm³/mol. The van der Waals surface area contributed by atoms with E-state index in [0.29, 0.717) is 6.04 Å². The van der Waals surface area contributed by atoms with Gasteiger partial charge < -0.3 is 21.6 Å². The van der Waals surface area contributed by atoms with Crippen LogP contribution in [0.4, 0.5) is 0 Å². The summed E-state index contributed by atoms with van der Waals surface area (Å²) in [6, 6.07) is 0.341. The minimum atomic E-state index is 0. The molecule has 180 valence electrons. The second-order valence-corrected chi connectivity index (χ2v) is 8.84. The van der Waals surface area contributed by atoms with Gasteiger partial charge in [0.1, 0.15) is 0 Å². The highest BCUT2D eigenvalue weighted by Gasteiger charge is 2.07. The van der Waals surface area contributed by atoms with Gasteiger partial charge in [-0.2, -0.15) is 0 Å². The number of hydrogen-bond acceptors (Lipinski definition) is 1. The lowest BCUT2D eigenvalue weighted by Crippen LogP contribution is -2.84. The molecule has 0 rings (SSSR count). The van der Waals surface area contributed by atoms with Gasteiger partial charge in [0.15, 0.2) is 0 Å². The molecule has 0 saturated carbocycles. The van der Waals surface area contributed by atoms with Gasteiger partial charge in [0.05, 0.1) is 6.04 Å². The van der Waals surface area contributed by atoms with Crippen molar-refractivity contribution in [2.45, 2.75) is 161 Å². The van der Waals surface area contributed by atoms with E-state index in [1.54, 1.807) is 0 Å². The van der Waals surface area contributed by atoms with Crippen molar-refractivity contribution in [1.29, 1.82) is 0 Å². The maximum atomic E-state index is 11.3. The van der Waals surface area contributed by atoms with E-state index in [4.69, 9.17) is 0 Å². The first-order chi connectivity index (χ1) is 13.3. The number of unbranched alkanes of at least 4 members (excludes halogenated alkanes) is 18. The molecule has 4 heteroatoms. The molecular formula is C25H57NO3. The number of quaternary nitrogens is 1. The summed E-state index contributed by atoms with van der Waals surface area (Å²) in [5.74, 6) is 0. The van der Waals surface area contributed by atoms with Crippen molar-refractivity contribution in [3.8, 4) is 0 Å². The highest BCUT2D eigenvalue weighted by Crippen LogP contribution is 2.14. The maximum Gasteiger partial charge on any atom is 0.0856 e. The van der Waals surface area contributed by atoms with Crippen LogP contribution in [0, 0.1) is 5.21 Å². The van der Waals surface area contributed by atoms with Crippen molar-refractivity contribution >= 4 is 0 Å². The minimum absolute atomic E-state index is 0. The molecular weight excluding hydrogens is 362 g/mol. The van der Waals surface area contributed by atoms with E-state index in [1.807, 2.05) is 0 Å². The van der Waals surface area contributed by atoms with Gasteiger partial charge in [0.2, 0.25) is 0 Å². The van der Waals surface area contributed by atoms with Crippen LogP contribution >= 0.6 is 0 Å². The minimum Gasteiger partial charge on any atom is -0.636 e. The van der Waals surface area contributed by atoms with E-state index in [0.717, 1.165) is 12.8 Å². The molecule has 0 aromatic rings. The molecule has 0 aromatic heterocycles. The van der Waals surface area contributed by atoms with Crippen molar-refractivity contribution in [3.05, 3.63) is 5.21 Å². The highest BCUT2D eigenvalue weighted by molar-refractivity contribution is 4.58. The van der Waals surface area contributed by atoms with Crippen LogP contribution in [-0.4, -0.2) is 17.0 Å². The monoisotopic (exact) mass is 419 g/mol. The van der Waals surface area contributed by atoms with Crippen molar-refractivity contribution in [1.82, 2.24) is 0 Å². The summed E-state index contributed by atoms with van der Waals surface area (Å²) in [7, 11) is 0. The molecule has 0 amide bonds. The summed E-state index contributed by atoms with van der Waals surface area (Å²) in [4.78, 5) is 0. The third-order valence-corrected chi connectivity index (χ3v) is 6.05. The second kappa shape index (κ2) is 30.0. The van der Waals surface area contributed by atoms with Crippen LogP contribution in [0.2, 0.25) is 0 Å². The molecule has 0 aliphatic carbocycles. The molecule has 0 heterocycles. The topological polar surface area (TPSA) is 103 Å².